The van der Waals surface area contributed by atoms with Crippen molar-refractivity contribution < 1.29 is 14.6 Å². The molecule has 0 amide bonds. The van der Waals surface area contributed by atoms with E-state index in [4.69, 9.17) is 9.84 Å². The Morgan fingerprint density at radius 3 is 2.35 bits per heavy atom. The van der Waals surface area contributed by atoms with Crippen LogP contribution in [-0.4, -0.2) is 17.7 Å². The molecule has 0 saturated carbocycles. The highest BCUT2D eigenvalue weighted by atomic mass is 16.5. The number of hydrogen-bond acceptors (Lipinski definition) is 2. The molecule has 2 atom stereocenters. The smallest absolute Gasteiger partial charge is 0.335 e. The summed E-state index contributed by atoms with van der Waals surface area (Å²) >= 11 is 0. The molecule has 0 radical (unpaired) electrons. The third-order valence-electron chi connectivity index (χ3n) is 2.95. The average Bonchev–Trinajstić information content (AvgIpc) is 2.35. The van der Waals surface area contributed by atoms with E-state index in [-0.39, 0.29) is 6.10 Å². The molecular weight excluding hydrogens is 216 g/mol. The molecular formula is C14H20O3. The van der Waals surface area contributed by atoms with Crippen LogP contribution in [0.2, 0.25) is 0 Å². The molecule has 3 heteroatoms. The maximum absolute atomic E-state index is 10.7. The molecule has 1 N–H and O–H groups in total. The monoisotopic (exact) mass is 236 g/mol. The first-order valence-corrected chi connectivity index (χ1v) is 5.99. The van der Waals surface area contributed by atoms with Crippen molar-refractivity contribution in [2.45, 2.75) is 33.3 Å². The van der Waals surface area contributed by atoms with Crippen molar-refractivity contribution in [1.29, 1.82) is 0 Å². The standard InChI is InChI=1S/C14H20O3/c1-4-10(2)9-17-11(3)12-5-7-13(8-6-12)14(15)16/h5-8,10-11H,4,9H2,1-3H3,(H,15,16)/t10-,11?/m0/s1. The fourth-order valence-corrected chi connectivity index (χ4v) is 1.42. The van der Waals surface area contributed by atoms with Crippen LogP contribution in [0.1, 0.15) is 49.2 Å². The second-order valence-corrected chi connectivity index (χ2v) is 4.42. The van der Waals surface area contributed by atoms with Crippen LogP contribution in [0.4, 0.5) is 0 Å². The Morgan fingerprint density at radius 2 is 1.88 bits per heavy atom. The van der Waals surface area contributed by atoms with Crippen LogP contribution in [0.3, 0.4) is 0 Å². The van der Waals surface area contributed by atoms with Crippen molar-refractivity contribution in [2.75, 3.05) is 6.61 Å². The summed E-state index contributed by atoms with van der Waals surface area (Å²) in [4.78, 5) is 10.7. The molecule has 1 rings (SSSR count). The van der Waals surface area contributed by atoms with E-state index in [2.05, 4.69) is 13.8 Å². The van der Waals surface area contributed by atoms with Gasteiger partial charge < -0.3 is 9.84 Å². The zero-order valence-corrected chi connectivity index (χ0v) is 10.6. The highest BCUT2D eigenvalue weighted by molar-refractivity contribution is 5.87. The lowest BCUT2D eigenvalue weighted by atomic mass is 10.1. The molecule has 0 aliphatic carbocycles. The maximum atomic E-state index is 10.7. The largest absolute Gasteiger partial charge is 0.478 e. The first-order chi connectivity index (χ1) is 8.04. The van der Waals surface area contributed by atoms with Crippen molar-refractivity contribution in [3.05, 3.63) is 35.4 Å². The van der Waals surface area contributed by atoms with E-state index in [1.807, 2.05) is 19.1 Å². The van der Waals surface area contributed by atoms with Crippen molar-refractivity contribution in [2.24, 2.45) is 5.92 Å². The molecule has 0 aliphatic heterocycles. The number of rotatable bonds is 6. The molecule has 0 aromatic heterocycles. The summed E-state index contributed by atoms with van der Waals surface area (Å²) in [6.45, 7) is 7.01. The van der Waals surface area contributed by atoms with Crippen LogP contribution in [0.15, 0.2) is 24.3 Å². The number of hydrogen-bond donors (Lipinski definition) is 1. The summed E-state index contributed by atoms with van der Waals surface area (Å²) < 4.78 is 5.73. The second-order valence-electron chi connectivity index (χ2n) is 4.42. The number of carboxylic acid groups (broad SMARTS) is 1. The minimum atomic E-state index is -0.898. The van der Waals surface area contributed by atoms with Gasteiger partial charge in [-0.05, 0) is 30.5 Å². The number of carbonyl (C=O) groups is 1. The third-order valence-corrected chi connectivity index (χ3v) is 2.95. The number of benzene rings is 1. The van der Waals surface area contributed by atoms with Gasteiger partial charge in [-0.1, -0.05) is 32.4 Å². The Morgan fingerprint density at radius 1 is 1.29 bits per heavy atom. The maximum Gasteiger partial charge on any atom is 0.335 e. The summed E-state index contributed by atoms with van der Waals surface area (Å²) in [5, 5.41) is 8.79. The molecule has 94 valence electrons. The third kappa shape index (κ3) is 4.19. The Labute approximate surface area is 102 Å². The molecule has 0 spiro atoms. The fourth-order valence-electron chi connectivity index (χ4n) is 1.42. The molecule has 0 fully saturated rings. The normalized spacial score (nSPS) is 14.3. The second kappa shape index (κ2) is 6.40. The van der Waals surface area contributed by atoms with E-state index in [0.717, 1.165) is 18.6 Å². The lowest BCUT2D eigenvalue weighted by Gasteiger charge is -2.16. The van der Waals surface area contributed by atoms with E-state index in [0.29, 0.717) is 11.5 Å². The Kier molecular flexibility index (Phi) is 5.16. The lowest BCUT2D eigenvalue weighted by molar-refractivity contribution is 0.0424. The summed E-state index contributed by atoms with van der Waals surface area (Å²) in [5.74, 6) is -0.347. The lowest BCUT2D eigenvalue weighted by Crippen LogP contribution is -2.08. The molecule has 0 bridgehead atoms. The highest BCUT2D eigenvalue weighted by Crippen LogP contribution is 2.18. The summed E-state index contributed by atoms with van der Waals surface area (Å²) in [7, 11) is 0. The zero-order valence-electron chi connectivity index (χ0n) is 10.6. The van der Waals surface area contributed by atoms with Crippen LogP contribution < -0.4 is 0 Å². The van der Waals surface area contributed by atoms with Crippen LogP contribution in [0, 0.1) is 5.92 Å². The predicted molar refractivity (Wildman–Crippen MR) is 67.2 cm³/mol. The van der Waals surface area contributed by atoms with Crippen molar-refractivity contribution in [3.8, 4) is 0 Å². The van der Waals surface area contributed by atoms with Gasteiger partial charge in [0.05, 0.1) is 11.7 Å². The SMILES string of the molecule is CC[C@H](C)COC(C)c1ccc(C(=O)O)cc1. The number of aromatic carboxylic acids is 1. The highest BCUT2D eigenvalue weighted by Gasteiger charge is 2.09. The van der Waals surface area contributed by atoms with Crippen molar-refractivity contribution >= 4 is 5.97 Å². The Hall–Kier alpha value is -1.35. The number of ether oxygens (including phenoxy) is 1. The van der Waals surface area contributed by atoms with Gasteiger partial charge in [0.15, 0.2) is 0 Å². The predicted octanol–water partition coefficient (Wildman–Crippen LogP) is 3.51. The van der Waals surface area contributed by atoms with E-state index >= 15 is 0 Å². The van der Waals surface area contributed by atoms with Crippen LogP contribution >= 0.6 is 0 Å². The molecule has 1 aromatic rings. The topological polar surface area (TPSA) is 46.5 Å². The first-order valence-electron chi connectivity index (χ1n) is 5.99. The Balaban J connectivity index is 2.57. The van der Waals surface area contributed by atoms with Gasteiger partial charge in [-0.25, -0.2) is 4.79 Å². The van der Waals surface area contributed by atoms with Gasteiger partial charge >= 0.3 is 5.97 Å². The molecule has 1 unspecified atom stereocenters. The summed E-state index contributed by atoms with van der Waals surface area (Å²) in [6.07, 6.45) is 1.11. The van der Waals surface area contributed by atoms with Gasteiger partial charge in [-0.3, -0.25) is 0 Å². The van der Waals surface area contributed by atoms with E-state index in [1.165, 1.54) is 0 Å². The number of carboxylic acids is 1. The van der Waals surface area contributed by atoms with Gasteiger partial charge in [-0.2, -0.15) is 0 Å². The average molecular weight is 236 g/mol. The minimum Gasteiger partial charge on any atom is -0.478 e. The molecule has 17 heavy (non-hydrogen) atoms. The van der Waals surface area contributed by atoms with Crippen molar-refractivity contribution in [3.63, 3.8) is 0 Å². The van der Waals surface area contributed by atoms with Gasteiger partial charge in [0, 0.05) is 6.61 Å². The van der Waals surface area contributed by atoms with Gasteiger partial charge in [0.1, 0.15) is 0 Å². The summed E-state index contributed by atoms with van der Waals surface area (Å²) in [5.41, 5.74) is 1.32. The quantitative estimate of drug-likeness (QED) is 0.822. The van der Waals surface area contributed by atoms with Crippen LogP contribution in [0.5, 0.6) is 0 Å². The Bertz CT molecular complexity index is 356. The zero-order chi connectivity index (χ0) is 12.8. The fraction of sp³-hybridized carbons (Fsp3) is 0.500. The van der Waals surface area contributed by atoms with Crippen molar-refractivity contribution in [1.82, 2.24) is 0 Å². The van der Waals surface area contributed by atoms with Gasteiger partial charge in [-0.15, -0.1) is 0 Å². The van der Waals surface area contributed by atoms with Gasteiger partial charge in [0.25, 0.3) is 0 Å². The molecule has 0 saturated heterocycles. The summed E-state index contributed by atoms with van der Waals surface area (Å²) in [6, 6.07) is 6.84. The van der Waals surface area contributed by atoms with Gasteiger partial charge in [0.2, 0.25) is 0 Å². The minimum absolute atomic E-state index is 0.00634. The van der Waals surface area contributed by atoms with Crippen LogP contribution in [0.25, 0.3) is 0 Å². The van der Waals surface area contributed by atoms with E-state index in [1.54, 1.807) is 12.1 Å². The van der Waals surface area contributed by atoms with Crippen LogP contribution in [-0.2, 0) is 4.74 Å². The molecule has 1 aromatic carbocycles. The molecule has 0 heterocycles. The molecule has 0 aliphatic rings. The first kappa shape index (κ1) is 13.7. The molecule has 3 nitrogen and oxygen atoms in total. The van der Waals surface area contributed by atoms with E-state index < -0.39 is 5.97 Å². The van der Waals surface area contributed by atoms with E-state index in [9.17, 15) is 4.79 Å².